The minimum absolute atomic E-state index is 0.563. The Morgan fingerprint density at radius 3 is 2.69 bits per heavy atom. The summed E-state index contributed by atoms with van der Waals surface area (Å²) in [5.41, 5.74) is 0.563. The number of ether oxygens (including phenoxy) is 1. The van der Waals surface area contributed by atoms with Crippen molar-refractivity contribution in [3.05, 3.63) is 0 Å². The van der Waals surface area contributed by atoms with E-state index < -0.39 is 0 Å². The maximum absolute atomic E-state index is 5.34. The molecule has 0 saturated carbocycles. The maximum atomic E-state index is 5.34. The van der Waals surface area contributed by atoms with E-state index in [4.69, 9.17) is 4.74 Å². The summed E-state index contributed by atoms with van der Waals surface area (Å²) in [6.45, 7) is 10.5. The van der Waals surface area contributed by atoms with Gasteiger partial charge in [-0.2, -0.15) is 0 Å². The first-order chi connectivity index (χ1) is 6.20. The smallest absolute Gasteiger partial charge is 0.0557 e. The van der Waals surface area contributed by atoms with Gasteiger partial charge < -0.3 is 9.64 Å². The summed E-state index contributed by atoms with van der Waals surface area (Å²) in [5.74, 6) is 0.802. The molecule has 2 aliphatic rings. The molecule has 0 aromatic rings. The molecule has 0 N–H and O–H groups in total. The Labute approximate surface area is 81.3 Å². The maximum Gasteiger partial charge on any atom is 0.0557 e. The van der Waals surface area contributed by atoms with Crippen LogP contribution in [0.2, 0.25) is 0 Å². The highest BCUT2D eigenvalue weighted by Crippen LogP contribution is 2.36. The summed E-state index contributed by atoms with van der Waals surface area (Å²) in [5, 5.41) is 0. The predicted molar refractivity (Wildman–Crippen MR) is 53.8 cm³/mol. The van der Waals surface area contributed by atoms with Gasteiger partial charge in [-0.3, -0.25) is 0 Å². The second-order valence-corrected chi connectivity index (χ2v) is 5.23. The molecule has 2 heterocycles. The standard InChI is InChI=1S/C11H21NO/c1-10(2)6-12-5-3-4-11(7-12)8-13-9-11/h10H,3-9H2,1-2H3. The zero-order valence-corrected chi connectivity index (χ0v) is 8.88. The van der Waals surface area contributed by atoms with Crippen molar-refractivity contribution in [3.63, 3.8) is 0 Å². The molecule has 0 radical (unpaired) electrons. The Kier molecular flexibility index (Phi) is 2.61. The summed E-state index contributed by atoms with van der Waals surface area (Å²) in [6.07, 6.45) is 2.76. The van der Waals surface area contributed by atoms with Gasteiger partial charge in [0.15, 0.2) is 0 Å². The third-order valence-corrected chi connectivity index (χ3v) is 3.18. The summed E-state index contributed by atoms with van der Waals surface area (Å²) in [7, 11) is 0. The fraction of sp³-hybridized carbons (Fsp3) is 1.00. The van der Waals surface area contributed by atoms with E-state index in [9.17, 15) is 0 Å². The molecular formula is C11H21NO. The van der Waals surface area contributed by atoms with Crippen LogP contribution >= 0.6 is 0 Å². The van der Waals surface area contributed by atoms with Crippen LogP contribution in [0.4, 0.5) is 0 Å². The lowest BCUT2D eigenvalue weighted by Crippen LogP contribution is -2.54. The number of nitrogens with zero attached hydrogens (tertiary/aromatic N) is 1. The normalized spacial score (nSPS) is 27.9. The van der Waals surface area contributed by atoms with Gasteiger partial charge >= 0.3 is 0 Å². The Morgan fingerprint density at radius 1 is 1.38 bits per heavy atom. The SMILES string of the molecule is CC(C)CN1CCCC2(COC2)C1. The fourth-order valence-corrected chi connectivity index (χ4v) is 2.61. The first kappa shape index (κ1) is 9.47. The van der Waals surface area contributed by atoms with Crippen LogP contribution in [0.3, 0.4) is 0 Å². The Bertz CT molecular complexity index is 175. The van der Waals surface area contributed by atoms with E-state index in [0.29, 0.717) is 5.41 Å². The van der Waals surface area contributed by atoms with Crippen molar-refractivity contribution < 1.29 is 4.74 Å². The number of hydrogen-bond acceptors (Lipinski definition) is 2. The average molecular weight is 183 g/mol. The summed E-state index contributed by atoms with van der Waals surface area (Å²) in [4.78, 5) is 2.62. The lowest BCUT2D eigenvalue weighted by atomic mass is 9.78. The lowest BCUT2D eigenvalue weighted by Gasteiger charge is -2.48. The van der Waals surface area contributed by atoms with Gasteiger partial charge in [0.05, 0.1) is 13.2 Å². The first-order valence-corrected chi connectivity index (χ1v) is 5.50. The number of piperidine rings is 1. The molecule has 76 valence electrons. The Hall–Kier alpha value is -0.0800. The molecular weight excluding hydrogens is 162 g/mol. The van der Waals surface area contributed by atoms with Crippen LogP contribution in [0.1, 0.15) is 26.7 Å². The van der Waals surface area contributed by atoms with Gasteiger partial charge in [0.2, 0.25) is 0 Å². The fourth-order valence-electron chi connectivity index (χ4n) is 2.61. The second kappa shape index (κ2) is 3.58. The van der Waals surface area contributed by atoms with Crippen molar-refractivity contribution in [1.29, 1.82) is 0 Å². The zero-order chi connectivity index (χ0) is 9.31. The minimum Gasteiger partial charge on any atom is -0.380 e. The second-order valence-electron chi connectivity index (χ2n) is 5.23. The summed E-state index contributed by atoms with van der Waals surface area (Å²) >= 11 is 0. The van der Waals surface area contributed by atoms with E-state index in [1.807, 2.05) is 0 Å². The van der Waals surface area contributed by atoms with Crippen LogP contribution in [0.5, 0.6) is 0 Å². The van der Waals surface area contributed by atoms with Gasteiger partial charge in [-0.1, -0.05) is 13.8 Å². The Balaban J connectivity index is 1.85. The largest absolute Gasteiger partial charge is 0.380 e. The van der Waals surface area contributed by atoms with E-state index in [0.717, 1.165) is 19.1 Å². The van der Waals surface area contributed by atoms with E-state index in [2.05, 4.69) is 18.7 Å². The van der Waals surface area contributed by atoms with Gasteiger partial charge in [0.1, 0.15) is 0 Å². The van der Waals surface area contributed by atoms with Gasteiger partial charge in [-0.05, 0) is 25.3 Å². The van der Waals surface area contributed by atoms with E-state index in [-0.39, 0.29) is 0 Å². The highest BCUT2D eigenvalue weighted by Gasteiger charge is 2.41. The monoisotopic (exact) mass is 183 g/mol. The molecule has 2 fully saturated rings. The molecule has 0 aliphatic carbocycles. The Morgan fingerprint density at radius 2 is 2.15 bits per heavy atom. The number of likely N-dealkylation sites (tertiary alicyclic amines) is 1. The quantitative estimate of drug-likeness (QED) is 0.647. The molecule has 2 rings (SSSR count). The minimum atomic E-state index is 0.563. The molecule has 0 unspecified atom stereocenters. The molecule has 0 amide bonds. The molecule has 2 saturated heterocycles. The molecule has 0 aromatic heterocycles. The predicted octanol–water partition coefficient (Wildman–Crippen LogP) is 1.75. The van der Waals surface area contributed by atoms with E-state index >= 15 is 0 Å². The van der Waals surface area contributed by atoms with Crippen LogP contribution in [-0.2, 0) is 4.74 Å². The zero-order valence-electron chi connectivity index (χ0n) is 8.88. The molecule has 13 heavy (non-hydrogen) atoms. The number of rotatable bonds is 2. The third kappa shape index (κ3) is 2.05. The molecule has 0 atom stereocenters. The first-order valence-electron chi connectivity index (χ1n) is 5.50. The molecule has 2 aliphatic heterocycles. The van der Waals surface area contributed by atoms with Crippen molar-refractivity contribution in [2.45, 2.75) is 26.7 Å². The molecule has 2 heteroatoms. The van der Waals surface area contributed by atoms with Crippen LogP contribution < -0.4 is 0 Å². The van der Waals surface area contributed by atoms with Crippen molar-refractivity contribution in [2.24, 2.45) is 11.3 Å². The highest BCUT2D eigenvalue weighted by molar-refractivity contribution is 4.91. The average Bonchev–Trinajstić information content (AvgIpc) is 2.01. The van der Waals surface area contributed by atoms with Crippen molar-refractivity contribution in [2.75, 3.05) is 32.8 Å². The van der Waals surface area contributed by atoms with Gasteiger partial charge in [-0.15, -0.1) is 0 Å². The van der Waals surface area contributed by atoms with Crippen LogP contribution in [0.25, 0.3) is 0 Å². The molecule has 0 bridgehead atoms. The summed E-state index contributed by atoms with van der Waals surface area (Å²) in [6, 6.07) is 0. The van der Waals surface area contributed by atoms with Gasteiger partial charge in [0, 0.05) is 18.5 Å². The lowest BCUT2D eigenvalue weighted by molar-refractivity contribution is -0.144. The molecule has 0 aromatic carbocycles. The summed E-state index contributed by atoms with van der Waals surface area (Å²) < 4.78 is 5.34. The van der Waals surface area contributed by atoms with Crippen LogP contribution in [0, 0.1) is 11.3 Å². The van der Waals surface area contributed by atoms with Crippen molar-refractivity contribution in [1.82, 2.24) is 4.90 Å². The van der Waals surface area contributed by atoms with Crippen LogP contribution in [-0.4, -0.2) is 37.7 Å². The molecule has 1 spiro atoms. The molecule has 2 nitrogen and oxygen atoms in total. The van der Waals surface area contributed by atoms with Crippen LogP contribution in [0.15, 0.2) is 0 Å². The van der Waals surface area contributed by atoms with Gasteiger partial charge in [0.25, 0.3) is 0 Å². The van der Waals surface area contributed by atoms with Crippen molar-refractivity contribution in [3.8, 4) is 0 Å². The highest BCUT2D eigenvalue weighted by atomic mass is 16.5. The topological polar surface area (TPSA) is 12.5 Å². The number of hydrogen-bond donors (Lipinski definition) is 0. The van der Waals surface area contributed by atoms with E-state index in [1.54, 1.807) is 0 Å². The van der Waals surface area contributed by atoms with Crippen molar-refractivity contribution >= 4 is 0 Å². The van der Waals surface area contributed by atoms with Gasteiger partial charge in [-0.25, -0.2) is 0 Å². The third-order valence-electron chi connectivity index (χ3n) is 3.18. The van der Waals surface area contributed by atoms with E-state index in [1.165, 1.54) is 32.5 Å².